The third kappa shape index (κ3) is 6.00. The van der Waals surface area contributed by atoms with Gasteiger partial charge in [0, 0.05) is 5.02 Å². The van der Waals surface area contributed by atoms with E-state index in [1.165, 1.54) is 11.8 Å². The average molecular weight is 446 g/mol. The smallest absolute Gasteiger partial charge is 0.319 e. The molecule has 0 spiro atoms. The van der Waals surface area contributed by atoms with Crippen LogP contribution >= 0.6 is 23.4 Å². The van der Waals surface area contributed by atoms with Gasteiger partial charge in [0.25, 0.3) is 0 Å². The van der Waals surface area contributed by atoms with Gasteiger partial charge in [-0.05, 0) is 43.2 Å². The zero-order chi connectivity index (χ0) is 21.3. The Morgan fingerprint density at radius 2 is 1.83 bits per heavy atom. The highest BCUT2D eigenvalue weighted by molar-refractivity contribution is 8.00. The lowest BCUT2D eigenvalue weighted by Crippen LogP contribution is -2.20. The molecular weight excluding hydrogens is 422 g/mol. The van der Waals surface area contributed by atoms with Gasteiger partial charge < -0.3 is 9.47 Å². The van der Waals surface area contributed by atoms with E-state index in [2.05, 4.69) is 10.2 Å². The van der Waals surface area contributed by atoms with Crippen molar-refractivity contribution in [2.75, 3.05) is 6.61 Å². The van der Waals surface area contributed by atoms with Crippen LogP contribution in [0.4, 0.5) is 0 Å². The number of carbonyl (C=O) groups is 1. The lowest BCUT2D eigenvalue weighted by atomic mass is 10.2. The Balaban J connectivity index is 1.82. The lowest BCUT2D eigenvalue weighted by molar-refractivity contribution is -0.142. The van der Waals surface area contributed by atoms with Crippen LogP contribution in [0.15, 0.2) is 59.8 Å². The minimum atomic E-state index is -0.339. The Hall–Kier alpha value is -2.51. The molecule has 0 bridgehead atoms. The summed E-state index contributed by atoms with van der Waals surface area (Å²) in [4.78, 5) is 12.3. The van der Waals surface area contributed by atoms with Crippen LogP contribution in [0.2, 0.25) is 5.02 Å². The van der Waals surface area contributed by atoms with Gasteiger partial charge >= 0.3 is 5.97 Å². The molecule has 8 heteroatoms. The van der Waals surface area contributed by atoms with Crippen molar-refractivity contribution in [3.8, 4) is 5.75 Å². The largest absolute Gasteiger partial charge is 0.486 e. The van der Waals surface area contributed by atoms with Crippen molar-refractivity contribution in [1.82, 2.24) is 14.8 Å². The second-order valence-electron chi connectivity index (χ2n) is 6.48. The number of ether oxygens (including phenoxy) is 2. The highest BCUT2D eigenvalue weighted by atomic mass is 35.5. The van der Waals surface area contributed by atoms with E-state index in [4.69, 9.17) is 21.1 Å². The molecule has 1 aromatic heterocycles. The summed E-state index contributed by atoms with van der Waals surface area (Å²) in [5.74, 6) is 1.13. The number of esters is 1. The van der Waals surface area contributed by atoms with Crippen molar-refractivity contribution in [2.24, 2.45) is 0 Å². The Labute approximate surface area is 185 Å². The van der Waals surface area contributed by atoms with Gasteiger partial charge in [0.15, 0.2) is 11.0 Å². The predicted octanol–water partition coefficient (Wildman–Crippen LogP) is 4.99. The molecule has 158 valence electrons. The van der Waals surface area contributed by atoms with Crippen molar-refractivity contribution >= 4 is 29.3 Å². The number of thioether (sulfide) groups is 1. The maximum atomic E-state index is 12.3. The first kappa shape index (κ1) is 22.2. The minimum absolute atomic E-state index is 0.238. The summed E-state index contributed by atoms with van der Waals surface area (Å²) in [6.07, 6.45) is 0.637. The van der Waals surface area contributed by atoms with E-state index in [9.17, 15) is 4.79 Å². The number of carbonyl (C=O) groups excluding carboxylic acids is 1. The quantitative estimate of drug-likeness (QED) is 0.323. The molecule has 3 aromatic rings. The molecular formula is C22H24ClN3O3S. The molecule has 2 aromatic carbocycles. The van der Waals surface area contributed by atoms with E-state index in [0.29, 0.717) is 41.3 Å². The first-order valence-electron chi connectivity index (χ1n) is 9.78. The predicted molar refractivity (Wildman–Crippen MR) is 118 cm³/mol. The van der Waals surface area contributed by atoms with Gasteiger partial charge in [-0.1, -0.05) is 60.6 Å². The summed E-state index contributed by atoms with van der Waals surface area (Å²) in [6, 6.07) is 17.2. The van der Waals surface area contributed by atoms with Crippen LogP contribution in [0.1, 0.15) is 31.7 Å². The summed E-state index contributed by atoms with van der Waals surface area (Å²) in [5.41, 5.74) is 1.11. The molecule has 0 aliphatic heterocycles. The van der Waals surface area contributed by atoms with Crippen LogP contribution in [-0.4, -0.2) is 32.6 Å². The average Bonchev–Trinajstić information content (AvgIpc) is 3.13. The van der Waals surface area contributed by atoms with Crippen LogP contribution in [0.25, 0.3) is 0 Å². The maximum absolute atomic E-state index is 12.3. The van der Waals surface area contributed by atoms with Crippen molar-refractivity contribution in [2.45, 2.75) is 43.8 Å². The maximum Gasteiger partial charge on any atom is 0.319 e. The van der Waals surface area contributed by atoms with Crippen LogP contribution in [0.5, 0.6) is 5.75 Å². The zero-order valence-electron chi connectivity index (χ0n) is 17.0. The van der Waals surface area contributed by atoms with E-state index in [0.717, 1.165) is 5.56 Å². The second kappa shape index (κ2) is 11.0. The van der Waals surface area contributed by atoms with Gasteiger partial charge in [-0.25, -0.2) is 0 Å². The molecule has 1 atom stereocenters. The summed E-state index contributed by atoms with van der Waals surface area (Å²) in [7, 11) is 0. The molecule has 0 fully saturated rings. The number of halogens is 1. The van der Waals surface area contributed by atoms with Crippen LogP contribution < -0.4 is 4.74 Å². The summed E-state index contributed by atoms with van der Waals surface area (Å²) in [5, 5.41) is 9.63. The van der Waals surface area contributed by atoms with E-state index < -0.39 is 0 Å². The Kier molecular flexibility index (Phi) is 8.16. The molecule has 0 unspecified atom stereocenters. The number of hydrogen-bond acceptors (Lipinski definition) is 6. The van der Waals surface area contributed by atoms with Gasteiger partial charge in [-0.15, -0.1) is 10.2 Å². The third-order valence-electron chi connectivity index (χ3n) is 4.33. The van der Waals surface area contributed by atoms with Crippen molar-refractivity contribution < 1.29 is 14.3 Å². The first-order chi connectivity index (χ1) is 14.6. The van der Waals surface area contributed by atoms with E-state index in [1.54, 1.807) is 19.1 Å². The van der Waals surface area contributed by atoms with Crippen molar-refractivity contribution in [3.63, 3.8) is 0 Å². The molecule has 0 amide bonds. The number of rotatable bonds is 10. The summed E-state index contributed by atoms with van der Waals surface area (Å²) >= 11 is 7.30. The topological polar surface area (TPSA) is 66.2 Å². The van der Waals surface area contributed by atoms with Crippen molar-refractivity contribution in [1.29, 1.82) is 0 Å². The molecule has 0 aliphatic rings. The van der Waals surface area contributed by atoms with E-state index in [-0.39, 0.29) is 17.8 Å². The number of hydrogen-bond donors (Lipinski definition) is 0. The highest BCUT2D eigenvalue weighted by Crippen LogP contribution is 2.27. The SMILES string of the molecule is CCOC(=O)[C@@H](CC)Sc1nnc(COc2ccc(Cl)cc2)n1Cc1ccccc1. The van der Waals surface area contributed by atoms with Gasteiger partial charge in [0.1, 0.15) is 17.6 Å². The Morgan fingerprint density at radius 3 is 2.50 bits per heavy atom. The van der Waals surface area contributed by atoms with Crippen molar-refractivity contribution in [3.05, 3.63) is 71.0 Å². The van der Waals surface area contributed by atoms with Gasteiger partial charge in [0.05, 0.1) is 13.2 Å². The second-order valence-corrected chi connectivity index (χ2v) is 8.09. The van der Waals surface area contributed by atoms with Crippen LogP contribution in [0.3, 0.4) is 0 Å². The van der Waals surface area contributed by atoms with Gasteiger partial charge in [0.2, 0.25) is 0 Å². The Morgan fingerprint density at radius 1 is 1.10 bits per heavy atom. The highest BCUT2D eigenvalue weighted by Gasteiger charge is 2.24. The van der Waals surface area contributed by atoms with Gasteiger partial charge in [-0.2, -0.15) is 0 Å². The number of nitrogens with zero attached hydrogens (tertiary/aromatic N) is 3. The third-order valence-corrected chi connectivity index (χ3v) is 5.90. The molecule has 0 saturated heterocycles. The normalized spacial score (nSPS) is 11.8. The van der Waals surface area contributed by atoms with E-state index >= 15 is 0 Å². The Bertz CT molecular complexity index is 948. The number of aromatic nitrogens is 3. The lowest BCUT2D eigenvalue weighted by Gasteiger charge is -2.15. The molecule has 0 aliphatic carbocycles. The fraction of sp³-hybridized carbons (Fsp3) is 0.318. The summed E-state index contributed by atoms with van der Waals surface area (Å²) < 4.78 is 13.1. The molecule has 3 rings (SSSR count). The van der Waals surface area contributed by atoms with E-state index in [1.807, 2.05) is 54.0 Å². The molecule has 0 radical (unpaired) electrons. The molecule has 30 heavy (non-hydrogen) atoms. The summed E-state index contributed by atoms with van der Waals surface area (Å²) in [6.45, 7) is 4.94. The fourth-order valence-electron chi connectivity index (χ4n) is 2.78. The molecule has 1 heterocycles. The zero-order valence-corrected chi connectivity index (χ0v) is 18.5. The number of benzene rings is 2. The van der Waals surface area contributed by atoms with Crippen LogP contribution in [0, 0.1) is 0 Å². The molecule has 6 nitrogen and oxygen atoms in total. The fourth-order valence-corrected chi connectivity index (χ4v) is 3.87. The first-order valence-corrected chi connectivity index (χ1v) is 11.0. The van der Waals surface area contributed by atoms with Crippen LogP contribution in [-0.2, 0) is 22.7 Å². The van der Waals surface area contributed by atoms with Gasteiger partial charge in [-0.3, -0.25) is 9.36 Å². The monoisotopic (exact) mass is 445 g/mol. The molecule has 0 saturated carbocycles. The standard InChI is InChI=1S/C22H24ClN3O3S/c1-3-19(21(27)28-4-2)30-22-25-24-20(15-29-18-12-10-17(23)11-13-18)26(22)14-16-8-6-5-7-9-16/h5-13,19H,3-4,14-15H2,1-2H3/t19-/m1/s1. The molecule has 0 N–H and O–H groups in total. The minimum Gasteiger partial charge on any atom is -0.486 e.